The number of alkyl halides is 4. The molecule has 51 heavy (non-hydrogen) atoms. The first-order valence-electron chi connectivity index (χ1n) is 16.9. The average molecular weight is 733 g/mol. The molecular formula is C35H40F4N6O5S. The van der Waals surface area contributed by atoms with Gasteiger partial charge in [0.1, 0.15) is 17.6 Å². The van der Waals surface area contributed by atoms with Gasteiger partial charge in [-0.1, -0.05) is 24.3 Å². The second-order valence-corrected chi connectivity index (χ2v) is 15.0. The highest BCUT2D eigenvalue weighted by molar-refractivity contribution is 7.89. The zero-order valence-electron chi connectivity index (χ0n) is 27.9. The zero-order valence-corrected chi connectivity index (χ0v) is 28.7. The van der Waals surface area contributed by atoms with Crippen LogP contribution < -0.4 is 10.1 Å². The van der Waals surface area contributed by atoms with Gasteiger partial charge in [0, 0.05) is 71.6 Å². The number of carbonyl (C=O) groups excluding carboxylic acids is 2. The number of likely N-dealkylation sites (tertiary alicyclic amines) is 1. The molecule has 2 aromatic carbocycles. The number of nitrogens with one attached hydrogen (secondary N) is 1. The molecule has 2 amide bonds. The number of benzene rings is 2. The van der Waals surface area contributed by atoms with E-state index in [0.29, 0.717) is 75.8 Å². The molecule has 274 valence electrons. The summed E-state index contributed by atoms with van der Waals surface area (Å²) in [5.41, 5.74) is 2.09. The number of hydrogen-bond acceptors (Lipinski definition) is 8. The number of sulfonamides is 1. The molecule has 3 fully saturated rings. The molecule has 11 nitrogen and oxygen atoms in total. The molecule has 3 saturated heterocycles. The van der Waals surface area contributed by atoms with Gasteiger partial charge in [0.2, 0.25) is 10.0 Å². The highest BCUT2D eigenvalue weighted by Gasteiger charge is 2.33. The van der Waals surface area contributed by atoms with Crippen LogP contribution in [-0.4, -0.2) is 115 Å². The number of piperazine rings is 1. The first-order valence-corrected chi connectivity index (χ1v) is 18.4. The third-order valence-electron chi connectivity index (χ3n) is 9.44. The van der Waals surface area contributed by atoms with Crippen molar-refractivity contribution in [2.45, 2.75) is 55.8 Å². The van der Waals surface area contributed by atoms with Gasteiger partial charge in [-0.25, -0.2) is 12.8 Å². The van der Waals surface area contributed by atoms with Gasteiger partial charge >= 0.3 is 6.36 Å². The summed E-state index contributed by atoms with van der Waals surface area (Å²) in [5, 5.41) is 2.72. The molecule has 0 saturated carbocycles. The Bertz CT molecular complexity index is 1760. The van der Waals surface area contributed by atoms with Gasteiger partial charge < -0.3 is 15.0 Å². The van der Waals surface area contributed by atoms with Crippen molar-refractivity contribution in [3.63, 3.8) is 0 Å². The fourth-order valence-corrected chi connectivity index (χ4v) is 8.13. The Morgan fingerprint density at radius 3 is 2.04 bits per heavy atom. The molecule has 1 aromatic heterocycles. The Hall–Kier alpha value is -4.12. The number of halogens is 4. The zero-order chi connectivity index (χ0) is 36.2. The van der Waals surface area contributed by atoms with Gasteiger partial charge in [-0.05, 0) is 66.8 Å². The van der Waals surface area contributed by atoms with Crippen LogP contribution >= 0.6 is 0 Å². The maximum absolute atomic E-state index is 15.1. The van der Waals surface area contributed by atoms with Crippen molar-refractivity contribution < 1.29 is 40.3 Å². The van der Waals surface area contributed by atoms with E-state index in [-0.39, 0.29) is 29.5 Å². The van der Waals surface area contributed by atoms with E-state index in [4.69, 9.17) is 0 Å². The van der Waals surface area contributed by atoms with Crippen LogP contribution in [0.4, 0.5) is 17.6 Å². The molecule has 2 atom stereocenters. The molecule has 1 N–H and O–H groups in total. The maximum atomic E-state index is 15.1. The maximum Gasteiger partial charge on any atom is 0.573 e. The van der Waals surface area contributed by atoms with Gasteiger partial charge in [-0.3, -0.25) is 24.4 Å². The van der Waals surface area contributed by atoms with Crippen LogP contribution in [0.15, 0.2) is 71.8 Å². The number of aromatic nitrogens is 1. The normalized spacial score (nSPS) is 21.1. The first kappa shape index (κ1) is 36.7. The third-order valence-corrected chi connectivity index (χ3v) is 11.4. The molecule has 6 rings (SSSR count). The predicted molar refractivity (Wildman–Crippen MR) is 179 cm³/mol. The molecule has 3 aliphatic rings. The van der Waals surface area contributed by atoms with Crippen molar-refractivity contribution >= 4 is 21.8 Å². The van der Waals surface area contributed by atoms with E-state index in [0.717, 1.165) is 18.4 Å². The highest BCUT2D eigenvalue weighted by Crippen LogP contribution is 2.25. The summed E-state index contributed by atoms with van der Waals surface area (Å²) in [6, 6.07) is 14.7. The van der Waals surface area contributed by atoms with Crippen molar-refractivity contribution in [1.29, 1.82) is 0 Å². The number of pyridine rings is 1. The van der Waals surface area contributed by atoms with Gasteiger partial charge in [-0.2, -0.15) is 4.31 Å². The second kappa shape index (κ2) is 15.6. The van der Waals surface area contributed by atoms with Crippen molar-refractivity contribution in [1.82, 2.24) is 29.3 Å². The number of nitrogens with zero attached hydrogens (tertiary/aromatic N) is 5. The predicted octanol–water partition coefficient (Wildman–Crippen LogP) is 4.07. The molecular weight excluding hydrogens is 692 g/mol. The van der Waals surface area contributed by atoms with Crippen molar-refractivity contribution in [3.8, 4) is 5.75 Å². The van der Waals surface area contributed by atoms with Crippen LogP contribution in [0.1, 0.15) is 51.2 Å². The van der Waals surface area contributed by atoms with Gasteiger partial charge in [0.15, 0.2) is 0 Å². The van der Waals surface area contributed by atoms with Crippen LogP contribution in [0.3, 0.4) is 0 Å². The topological polar surface area (TPSA) is 115 Å². The summed E-state index contributed by atoms with van der Waals surface area (Å²) >= 11 is 0. The van der Waals surface area contributed by atoms with Crippen molar-refractivity contribution in [2.24, 2.45) is 0 Å². The summed E-state index contributed by atoms with van der Waals surface area (Å²) in [6.07, 6.45) is -2.72. The van der Waals surface area contributed by atoms with E-state index >= 15 is 4.39 Å². The van der Waals surface area contributed by atoms with Crippen LogP contribution in [-0.2, 0) is 23.1 Å². The Kier molecular flexibility index (Phi) is 11.2. The van der Waals surface area contributed by atoms with Gasteiger partial charge in [-0.15, -0.1) is 13.2 Å². The number of rotatable bonds is 10. The Morgan fingerprint density at radius 1 is 0.824 bits per heavy atom. The minimum atomic E-state index is -4.77. The van der Waals surface area contributed by atoms with Crippen LogP contribution in [0.5, 0.6) is 5.75 Å². The van der Waals surface area contributed by atoms with Gasteiger partial charge in [0.05, 0.1) is 16.5 Å². The third kappa shape index (κ3) is 9.41. The smallest absolute Gasteiger partial charge is 0.406 e. The Balaban J connectivity index is 0.931. The van der Waals surface area contributed by atoms with E-state index in [1.165, 1.54) is 46.9 Å². The largest absolute Gasteiger partial charge is 0.573 e. The molecule has 4 heterocycles. The van der Waals surface area contributed by atoms with E-state index < -0.39 is 34.5 Å². The fourth-order valence-electron chi connectivity index (χ4n) is 6.61. The number of ether oxygens (including phenoxy) is 1. The molecule has 3 aromatic rings. The number of hydrogen-bond donors (Lipinski definition) is 1. The summed E-state index contributed by atoms with van der Waals surface area (Å²) in [5.74, 6) is -1.08. The van der Waals surface area contributed by atoms with E-state index in [1.54, 1.807) is 17.0 Å². The van der Waals surface area contributed by atoms with Crippen LogP contribution in [0.2, 0.25) is 0 Å². The average Bonchev–Trinajstić information content (AvgIpc) is 3.67. The lowest BCUT2D eigenvalue weighted by Crippen LogP contribution is -2.52. The molecule has 0 spiro atoms. The lowest BCUT2D eigenvalue weighted by molar-refractivity contribution is -0.274. The quantitative estimate of drug-likeness (QED) is 0.311. The van der Waals surface area contributed by atoms with E-state index in [1.807, 2.05) is 17.0 Å². The molecule has 3 aliphatic heterocycles. The van der Waals surface area contributed by atoms with E-state index in [2.05, 4.69) is 19.9 Å². The second-order valence-electron chi connectivity index (χ2n) is 13.1. The Labute approximate surface area is 294 Å². The molecule has 0 aliphatic carbocycles. The standard InChI is InChI=1S/C35H40F4N6O5S/c36-30-24-43(23-25-3-8-28(9-4-25)50-35(37,38)39)16-13-31(30)41-33(46)27-7-12-32(40-21-27)34(47)44-19-17-42(18-20-44)22-26-5-10-29(11-6-26)51(48,49)45-14-1-2-15-45/h3-12,21,30-31H,1-2,13-20,22-24H2,(H,41,46)/t30-,31-/m1/s1. The van der Waals surface area contributed by atoms with Crippen molar-refractivity contribution in [2.75, 3.05) is 52.4 Å². The number of piperidine rings is 1. The van der Waals surface area contributed by atoms with E-state index in [9.17, 15) is 31.2 Å². The summed E-state index contributed by atoms with van der Waals surface area (Å²) in [6.45, 7) is 4.83. The van der Waals surface area contributed by atoms with Crippen LogP contribution in [0, 0.1) is 0 Å². The molecule has 16 heteroatoms. The summed E-state index contributed by atoms with van der Waals surface area (Å²) in [4.78, 5) is 36.3. The van der Waals surface area contributed by atoms with Gasteiger partial charge in [0.25, 0.3) is 11.8 Å². The molecule has 0 unspecified atom stereocenters. The van der Waals surface area contributed by atoms with Crippen molar-refractivity contribution in [3.05, 3.63) is 89.2 Å². The first-order chi connectivity index (χ1) is 24.3. The SMILES string of the molecule is O=C(N[C@@H]1CCN(Cc2ccc(OC(F)(F)F)cc2)C[C@H]1F)c1ccc(C(=O)N2CCN(Cc3ccc(S(=O)(=O)N4CCCC4)cc3)CC2)nc1. The minimum Gasteiger partial charge on any atom is -0.406 e. The summed E-state index contributed by atoms with van der Waals surface area (Å²) in [7, 11) is -3.46. The Morgan fingerprint density at radius 2 is 1.45 bits per heavy atom. The molecule has 0 radical (unpaired) electrons. The molecule has 0 bridgehead atoms. The lowest BCUT2D eigenvalue weighted by Gasteiger charge is -2.35. The lowest BCUT2D eigenvalue weighted by atomic mass is 10.0. The number of carbonyl (C=O) groups is 2. The minimum absolute atomic E-state index is 0.0418. The fraction of sp³-hybridized carbons (Fsp3) is 0.457. The highest BCUT2D eigenvalue weighted by atomic mass is 32.2. The van der Waals surface area contributed by atoms with Crippen LogP contribution in [0.25, 0.3) is 0 Å². The number of amides is 2. The monoisotopic (exact) mass is 732 g/mol. The summed E-state index contributed by atoms with van der Waals surface area (Å²) < 4.78 is 83.3.